The molecule has 0 aliphatic heterocycles. The van der Waals surface area contributed by atoms with Gasteiger partial charge in [-0.05, 0) is 6.07 Å². The van der Waals surface area contributed by atoms with Crippen LogP contribution in [0.15, 0.2) is 18.3 Å². The summed E-state index contributed by atoms with van der Waals surface area (Å²) in [6, 6.07) is 3.44. The van der Waals surface area contributed by atoms with Crippen LogP contribution in [0.3, 0.4) is 0 Å². The van der Waals surface area contributed by atoms with Crippen molar-refractivity contribution in [1.29, 1.82) is 0 Å². The number of carbonyl (C=O) groups is 2. The highest BCUT2D eigenvalue weighted by molar-refractivity contribution is 6.14. The van der Waals surface area contributed by atoms with Crippen LogP contribution in [0.4, 0.5) is 0 Å². The number of hydrogen-bond donors (Lipinski definition) is 1. The molecule has 0 spiro atoms. The Morgan fingerprint density at radius 1 is 1.15 bits per heavy atom. The second kappa shape index (κ2) is 5.64. The summed E-state index contributed by atoms with van der Waals surface area (Å²) in [5, 5.41) is 0.648. The van der Waals surface area contributed by atoms with E-state index in [1.165, 1.54) is 21.3 Å². The molecule has 106 valence electrons. The van der Waals surface area contributed by atoms with Crippen molar-refractivity contribution < 1.29 is 23.8 Å². The van der Waals surface area contributed by atoms with Crippen molar-refractivity contribution in [3.8, 4) is 11.5 Å². The third kappa shape index (κ3) is 2.45. The largest absolute Gasteiger partial charge is 0.497 e. The van der Waals surface area contributed by atoms with Crippen LogP contribution < -0.4 is 9.47 Å². The van der Waals surface area contributed by atoms with Crippen LogP contribution in [-0.4, -0.2) is 38.1 Å². The highest BCUT2D eigenvalue weighted by atomic mass is 16.5. The van der Waals surface area contributed by atoms with Crippen molar-refractivity contribution >= 4 is 22.7 Å². The summed E-state index contributed by atoms with van der Waals surface area (Å²) in [5.41, 5.74) is 1.09. The first-order valence-corrected chi connectivity index (χ1v) is 5.93. The predicted octanol–water partition coefficient (Wildman–Crippen LogP) is 1.93. The number of aromatic amines is 1. The Kier molecular flexibility index (Phi) is 3.93. The summed E-state index contributed by atoms with van der Waals surface area (Å²) in [6.45, 7) is 0. The van der Waals surface area contributed by atoms with E-state index in [4.69, 9.17) is 9.47 Å². The Hall–Kier alpha value is -2.50. The Labute approximate surface area is 115 Å². The third-order valence-electron chi connectivity index (χ3n) is 3.02. The standard InChI is InChI=1S/C14H15NO5/c1-18-8-4-9-10(11(16)6-13(17)20-3)7-15-14(9)12(5-8)19-2/h4-5,7,15H,6H2,1-3H3. The van der Waals surface area contributed by atoms with Crippen molar-refractivity contribution in [3.63, 3.8) is 0 Å². The topological polar surface area (TPSA) is 77.6 Å². The second-order valence-electron chi connectivity index (χ2n) is 4.13. The average Bonchev–Trinajstić information content (AvgIpc) is 2.89. The molecule has 0 radical (unpaired) electrons. The van der Waals surface area contributed by atoms with E-state index in [9.17, 15) is 9.59 Å². The van der Waals surface area contributed by atoms with Gasteiger partial charge in [-0.15, -0.1) is 0 Å². The monoisotopic (exact) mass is 277 g/mol. The van der Waals surface area contributed by atoms with Crippen molar-refractivity contribution in [3.05, 3.63) is 23.9 Å². The number of rotatable bonds is 5. The number of methoxy groups -OCH3 is 3. The van der Waals surface area contributed by atoms with Gasteiger partial charge in [-0.2, -0.15) is 0 Å². The van der Waals surface area contributed by atoms with Crippen LogP contribution in [0, 0.1) is 0 Å². The molecule has 1 heterocycles. The molecule has 20 heavy (non-hydrogen) atoms. The third-order valence-corrected chi connectivity index (χ3v) is 3.02. The van der Waals surface area contributed by atoms with E-state index < -0.39 is 5.97 Å². The van der Waals surface area contributed by atoms with E-state index in [0.717, 1.165) is 0 Å². The smallest absolute Gasteiger partial charge is 0.313 e. The molecule has 1 aromatic carbocycles. The number of Topliss-reactive ketones (excluding diaryl/α,β-unsaturated/α-hetero) is 1. The van der Waals surface area contributed by atoms with Gasteiger partial charge < -0.3 is 19.2 Å². The molecule has 0 aliphatic rings. The molecule has 1 N–H and O–H groups in total. The first kappa shape index (κ1) is 13.9. The average molecular weight is 277 g/mol. The summed E-state index contributed by atoms with van der Waals surface area (Å²) in [4.78, 5) is 26.3. The van der Waals surface area contributed by atoms with Gasteiger partial charge in [-0.25, -0.2) is 0 Å². The predicted molar refractivity (Wildman–Crippen MR) is 72.4 cm³/mol. The highest BCUT2D eigenvalue weighted by Crippen LogP contribution is 2.32. The number of esters is 1. The fourth-order valence-electron chi connectivity index (χ4n) is 1.98. The molecular formula is C14H15NO5. The minimum atomic E-state index is -0.570. The highest BCUT2D eigenvalue weighted by Gasteiger charge is 2.18. The molecule has 1 aromatic heterocycles. The number of fused-ring (bicyclic) bond motifs is 1. The zero-order valence-corrected chi connectivity index (χ0v) is 11.5. The summed E-state index contributed by atoms with van der Waals surface area (Å²) >= 11 is 0. The maximum Gasteiger partial charge on any atom is 0.313 e. The van der Waals surface area contributed by atoms with Crippen LogP contribution in [-0.2, 0) is 9.53 Å². The van der Waals surface area contributed by atoms with Crippen LogP contribution in [0.25, 0.3) is 10.9 Å². The minimum absolute atomic E-state index is 0.303. The Bertz CT molecular complexity index is 659. The second-order valence-corrected chi connectivity index (χ2v) is 4.13. The zero-order valence-electron chi connectivity index (χ0n) is 11.5. The summed E-state index contributed by atoms with van der Waals surface area (Å²) < 4.78 is 14.9. The zero-order chi connectivity index (χ0) is 14.7. The number of nitrogens with one attached hydrogen (secondary N) is 1. The molecule has 0 aliphatic carbocycles. The number of H-pyrrole nitrogens is 1. The molecule has 2 aromatic rings. The lowest BCUT2D eigenvalue weighted by Gasteiger charge is -2.06. The minimum Gasteiger partial charge on any atom is -0.497 e. The molecule has 0 bridgehead atoms. The molecule has 0 unspecified atom stereocenters. The van der Waals surface area contributed by atoms with Crippen LogP contribution in [0.2, 0.25) is 0 Å². The molecule has 6 nitrogen and oxygen atoms in total. The molecule has 0 atom stereocenters. The number of ether oxygens (including phenoxy) is 3. The van der Waals surface area contributed by atoms with E-state index in [0.29, 0.717) is 28.0 Å². The maximum atomic E-state index is 12.1. The van der Waals surface area contributed by atoms with E-state index in [1.54, 1.807) is 18.3 Å². The molecule has 0 saturated heterocycles. The number of aromatic nitrogens is 1. The lowest BCUT2D eigenvalue weighted by Crippen LogP contribution is -2.09. The van der Waals surface area contributed by atoms with Crippen molar-refractivity contribution in [2.45, 2.75) is 6.42 Å². The van der Waals surface area contributed by atoms with Gasteiger partial charge >= 0.3 is 5.97 Å². The lowest BCUT2D eigenvalue weighted by atomic mass is 10.1. The van der Waals surface area contributed by atoms with Gasteiger partial charge in [-0.3, -0.25) is 9.59 Å². The Morgan fingerprint density at radius 2 is 1.90 bits per heavy atom. The van der Waals surface area contributed by atoms with E-state index >= 15 is 0 Å². The van der Waals surface area contributed by atoms with Crippen molar-refractivity contribution in [2.75, 3.05) is 21.3 Å². The molecule has 0 fully saturated rings. The van der Waals surface area contributed by atoms with E-state index in [-0.39, 0.29) is 12.2 Å². The molecule has 0 saturated carbocycles. The van der Waals surface area contributed by atoms with Crippen LogP contribution in [0.1, 0.15) is 16.8 Å². The Morgan fingerprint density at radius 3 is 2.50 bits per heavy atom. The van der Waals surface area contributed by atoms with Gasteiger partial charge in [0.1, 0.15) is 17.9 Å². The van der Waals surface area contributed by atoms with Gasteiger partial charge in [-0.1, -0.05) is 0 Å². The van der Waals surface area contributed by atoms with Crippen LogP contribution in [0.5, 0.6) is 11.5 Å². The maximum absolute atomic E-state index is 12.1. The fourth-order valence-corrected chi connectivity index (χ4v) is 1.98. The summed E-state index contributed by atoms with van der Waals surface area (Å²) in [7, 11) is 4.31. The summed E-state index contributed by atoms with van der Waals surface area (Å²) in [5.74, 6) is 0.246. The van der Waals surface area contributed by atoms with Crippen molar-refractivity contribution in [2.24, 2.45) is 0 Å². The molecule has 2 rings (SSSR count). The Balaban J connectivity index is 2.49. The molecular weight excluding hydrogens is 262 g/mol. The molecule has 0 amide bonds. The summed E-state index contributed by atoms with van der Waals surface area (Å²) in [6.07, 6.45) is 1.25. The molecule has 6 heteroatoms. The number of carbonyl (C=O) groups excluding carboxylic acids is 2. The van der Waals surface area contributed by atoms with Gasteiger partial charge in [0.25, 0.3) is 0 Å². The van der Waals surface area contributed by atoms with Gasteiger partial charge in [0.15, 0.2) is 5.78 Å². The van der Waals surface area contributed by atoms with Crippen LogP contribution >= 0.6 is 0 Å². The number of ketones is 1. The van der Waals surface area contributed by atoms with Gasteiger partial charge in [0, 0.05) is 23.2 Å². The normalized spacial score (nSPS) is 10.3. The number of hydrogen-bond acceptors (Lipinski definition) is 5. The first-order valence-electron chi connectivity index (χ1n) is 5.93. The SMILES string of the molecule is COC(=O)CC(=O)c1c[nH]c2c(OC)cc(OC)cc12. The van der Waals surface area contributed by atoms with Gasteiger partial charge in [0.2, 0.25) is 0 Å². The fraction of sp³-hybridized carbons (Fsp3) is 0.286. The van der Waals surface area contributed by atoms with E-state index in [2.05, 4.69) is 9.72 Å². The van der Waals surface area contributed by atoms with E-state index in [1.807, 2.05) is 0 Å². The number of benzene rings is 1. The van der Waals surface area contributed by atoms with Gasteiger partial charge in [0.05, 0.1) is 26.8 Å². The van der Waals surface area contributed by atoms with Crippen molar-refractivity contribution in [1.82, 2.24) is 4.98 Å². The lowest BCUT2D eigenvalue weighted by molar-refractivity contribution is -0.139. The quantitative estimate of drug-likeness (QED) is 0.513. The first-order chi connectivity index (χ1) is 9.60.